The second-order valence-corrected chi connectivity index (χ2v) is 5.42. The third-order valence-electron chi connectivity index (χ3n) is 3.76. The zero-order chi connectivity index (χ0) is 14.2. The highest BCUT2D eigenvalue weighted by atomic mass is 16.5. The van der Waals surface area contributed by atoms with Crippen molar-refractivity contribution in [3.8, 4) is 5.75 Å². The van der Waals surface area contributed by atoms with Crippen LogP contribution in [0.5, 0.6) is 5.75 Å². The Balaban J connectivity index is 2.06. The minimum absolute atomic E-state index is 0.202. The summed E-state index contributed by atoms with van der Waals surface area (Å²) in [4.78, 5) is 0. The molecule has 1 heterocycles. The molecule has 1 N–H and O–H groups in total. The monoisotopic (exact) mass is 277 g/mol. The van der Waals surface area contributed by atoms with E-state index in [0.717, 1.165) is 38.5 Å². The fraction of sp³-hybridized carbons (Fsp3) is 0.647. The smallest absolute Gasteiger partial charge is 0.119 e. The van der Waals surface area contributed by atoms with Gasteiger partial charge in [0.1, 0.15) is 5.75 Å². The Hall–Kier alpha value is -1.06. The van der Waals surface area contributed by atoms with E-state index in [2.05, 4.69) is 37.4 Å². The van der Waals surface area contributed by atoms with Crippen LogP contribution in [-0.2, 0) is 4.74 Å². The van der Waals surface area contributed by atoms with Crippen molar-refractivity contribution in [2.24, 2.45) is 5.92 Å². The van der Waals surface area contributed by atoms with Gasteiger partial charge in [-0.05, 0) is 43.5 Å². The summed E-state index contributed by atoms with van der Waals surface area (Å²) in [5.74, 6) is 1.52. The summed E-state index contributed by atoms with van der Waals surface area (Å²) >= 11 is 0. The fourth-order valence-electron chi connectivity index (χ4n) is 2.75. The lowest BCUT2D eigenvalue weighted by Gasteiger charge is -2.32. The van der Waals surface area contributed by atoms with Crippen LogP contribution in [0.25, 0.3) is 0 Å². The van der Waals surface area contributed by atoms with Gasteiger partial charge in [0, 0.05) is 19.1 Å². The normalized spacial score (nSPS) is 22.7. The lowest BCUT2D eigenvalue weighted by atomic mass is 9.89. The molecule has 0 spiro atoms. The molecule has 3 heteroatoms. The Bertz CT molecular complexity index is 394. The van der Waals surface area contributed by atoms with Gasteiger partial charge in [0.05, 0.1) is 12.7 Å². The van der Waals surface area contributed by atoms with Crippen LogP contribution in [0.4, 0.5) is 0 Å². The van der Waals surface area contributed by atoms with Crippen LogP contribution in [0.3, 0.4) is 0 Å². The summed E-state index contributed by atoms with van der Waals surface area (Å²) < 4.78 is 11.8. The molecule has 2 unspecified atom stereocenters. The summed E-state index contributed by atoms with van der Waals surface area (Å²) in [5, 5.41) is 3.46. The number of rotatable bonds is 7. The first kappa shape index (κ1) is 15.3. The van der Waals surface area contributed by atoms with Crippen molar-refractivity contribution in [1.29, 1.82) is 0 Å². The zero-order valence-corrected chi connectivity index (χ0v) is 12.7. The largest absolute Gasteiger partial charge is 0.494 e. The van der Waals surface area contributed by atoms with Crippen LogP contribution in [0, 0.1) is 5.92 Å². The maximum atomic E-state index is 6.04. The molecule has 112 valence electrons. The van der Waals surface area contributed by atoms with Gasteiger partial charge >= 0.3 is 0 Å². The first-order valence-electron chi connectivity index (χ1n) is 7.90. The minimum atomic E-state index is 0.202. The van der Waals surface area contributed by atoms with E-state index in [-0.39, 0.29) is 6.10 Å². The molecule has 1 aliphatic rings. The second-order valence-electron chi connectivity index (χ2n) is 5.42. The molecule has 2 rings (SSSR count). The highest BCUT2D eigenvalue weighted by Gasteiger charge is 2.27. The van der Waals surface area contributed by atoms with Crippen LogP contribution in [-0.4, -0.2) is 26.3 Å². The Kier molecular flexibility index (Phi) is 6.34. The molecule has 1 aliphatic heterocycles. The van der Waals surface area contributed by atoms with Crippen LogP contribution in [0.2, 0.25) is 0 Å². The lowest BCUT2D eigenvalue weighted by Crippen LogP contribution is -2.31. The van der Waals surface area contributed by atoms with Crippen LogP contribution in [0.15, 0.2) is 24.3 Å². The van der Waals surface area contributed by atoms with E-state index < -0.39 is 0 Å². The molecule has 0 radical (unpaired) electrons. The van der Waals surface area contributed by atoms with Gasteiger partial charge in [-0.2, -0.15) is 0 Å². The molecule has 0 bridgehead atoms. The molecule has 0 amide bonds. The van der Waals surface area contributed by atoms with Gasteiger partial charge in [0.2, 0.25) is 0 Å². The molecule has 1 aromatic rings. The van der Waals surface area contributed by atoms with Gasteiger partial charge < -0.3 is 14.8 Å². The zero-order valence-electron chi connectivity index (χ0n) is 12.7. The molecule has 3 nitrogen and oxygen atoms in total. The topological polar surface area (TPSA) is 30.5 Å². The van der Waals surface area contributed by atoms with Gasteiger partial charge in [0.15, 0.2) is 0 Å². The summed E-state index contributed by atoms with van der Waals surface area (Å²) in [6.07, 6.45) is 3.64. The fourth-order valence-corrected chi connectivity index (χ4v) is 2.75. The molecular weight excluding hydrogens is 250 g/mol. The average Bonchev–Trinajstić information content (AvgIpc) is 2.51. The van der Waals surface area contributed by atoms with Gasteiger partial charge in [-0.15, -0.1) is 0 Å². The quantitative estimate of drug-likeness (QED) is 0.826. The summed E-state index contributed by atoms with van der Waals surface area (Å²) in [7, 11) is 0. The first-order chi connectivity index (χ1) is 9.85. The first-order valence-corrected chi connectivity index (χ1v) is 7.90. The van der Waals surface area contributed by atoms with E-state index in [1.807, 2.05) is 6.07 Å². The molecule has 0 aromatic heterocycles. The van der Waals surface area contributed by atoms with E-state index in [9.17, 15) is 0 Å². The van der Waals surface area contributed by atoms with E-state index in [0.29, 0.717) is 5.92 Å². The SMILES string of the molecule is CCCOc1cccc(C2OCCCC2CNCC)c1. The van der Waals surface area contributed by atoms with E-state index >= 15 is 0 Å². The van der Waals surface area contributed by atoms with Crippen molar-refractivity contribution in [3.05, 3.63) is 29.8 Å². The second kappa shape index (κ2) is 8.28. The number of hydrogen-bond donors (Lipinski definition) is 1. The van der Waals surface area contributed by atoms with Crippen LogP contribution >= 0.6 is 0 Å². The van der Waals surface area contributed by atoms with Crippen molar-refractivity contribution in [2.45, 2.75) is 39.2 Å². The third-order valence-corrected chi connectivity index (χ3v) is 3.76. The average molecular weight is 277 g/mol. The van der Waals surface area contributed by atoms with Crippen molar-refractivity contribution >= 4 is 0 Å². The predicted octanol–water partition coefficient (Wildman–Crippen LogP) is 3.55. The summed E-state index contributed by atoms with van der Waals surface area (Å²) in [6.45, 7) is 7.96. The Morgan fingerprint density at radius 2 is 2.25 bits per heavy atom. The Morgan fingerprint density at radius 1 is 1.35 bits per heavy atom. The minimum Gasteiger partial charge on any atom is -0.494 e. The number of ether oxygens (including phenoxy) is 2. The number of hydrogen-bond acceptors (Lipinski definition) is 3. The lowest BCUT2D eigenvalue weighted by molar-refractivity contribution is -0.0277. The van der Waals surface area contributed by atoms with Crippen molar-refractivity contribution < 1.29 is 9.47 Å². The molecule has 1 saturated heterocycles. The van der Waals surface area contributed by atoms with Gasteiger partial charge in [-0.1, -0.05) is 26.0 Å². The molecule has 20 heavy (non-hydrogen) atoms. The van der Waals surface area contributed by atoms with Crippen LogP contribution < -0.4 is 10.1 Å². The maximum Gasteiger partial charge on any atom is 0.119 e. The van der Waals surface area contributed by atoms with E-state index in [1.54, 1.807) is 0 Å². The van der Waals surface area contributed by atoms with Crippen molar-refractivity contribution in [1.82, 2.24) is 5.32 Å². The predicted molar refractivity (Wildman–Crippen MR) is 82.2 cm³/mol. The number of benzene rings is 1. The van der Waals surface area contributed by atoms with E-state index in [1.165, 1.54) is 18.4 Å². The summed E-state index contributed by atoms with van der Waals surface area (Å²) in [5.41, 5.74) is 1.25. The van der Waals surface area contributed by atoms with E-state index in [4.69, 9.17) is 9.47 Å². The molecule has 1 fully saturated rings. The Labute approximate surface area is 122 Å². The van der Waals surface area contributed by atoms with Crippen molar-refractivity contribution in [2.75, 3.05) is 26.3 Å². The van der Waals surface area contributed by atoms with Crippen molar-refractivity contribution in [3.63, 3.8) is 0 Å². The highest BCUT2D eigenvalue weighted by molar-refractivity contribution is 5.30. The van der Waals surface area contributed by atoms with Gasteiger partial charge in [-0.3, -0.25) is 0 Å². The molecular formula is C17H27NO2. The Morgan fingerprint density at radius 3 is 3.05 bits per heavy atom. The molecule has 2 atom stereocenters. The molecule has 0 saturated carbocycles. The maximum absolute atomic E-state index is 6.04. The van der Waals surface area contributed by atoms with Gasteiger partial charge in [0.25, 0.3) is 0 Å². The van der Waals surface area contributed by atoms with Crippen LogP contribution in [0.1, 0.15) is 44.8 Å². The standard InChI is InChI=1S/C17H27NO2/c1-3-10-19-16-9-5-7-14(12-16)17-15(13-18-4-2)8-6-11-20-17/h5,7,9,12,15,17-18H,3-4,6,8,10-11,13H2,1-2H3. The third kappa shape index (κ3) is 4.22. The highest BCUT2D eigenvalue weighted by Crippen LogP contribution is 2.34. The number of nitrogens with one attached hydrogen (secondary N) is 1. The molecule has 1 aromatic carbocycles. The summed E-state index contributed by atoms with van der Waals surface area (Å²) in [6, 6.07) is 8.40. The van der Waals surface area contributed by atoms with Gasteiger partial charge in [-0.25, -0.2) is 0 Å². The molecule has 0 aliphatic carbocycles.